The van der Waals surface area contributed by atoms with Crippen LogP contribution in [-0.4, -0.2) is 51.3 Å². The third-order valence-corrected chi connectivity index (χ3v) is 6.09. The molecule has 2 saturated heterocycles. The van der Waals surface area contributed by atoms with Gasteiger partial charge in [0.25, 0.3) is 5.91 Å². The van der Waals surface area contributed by atoms with E-state index in [1.807, 2.05) is 12.1 Å². The highest BCUT2D eigenvalue weighted by Crippen LogP contribution is 2.38. The highest BCUT2D eigenvalue weighted by molar-refractivity contribution is 6.01. The van der Waals surface area contributed by atoms with Crippen molar-refractivity contribution in [2.24, 2.45) is 0 Å². The van der Waals surface area contributed by atoms with Gasteiger partial charge in [-0.05, 0) is 49.6 Å². The molecule has 0 aliphatic carbocycles. The Balaban J connectivity index is 1.50. The van der Waals surface area contributed by atoms with Crippen LogP contribution in [-0.2, 0) is 0 Å². The number of β-amino-alcohol motifs (C(OH)–C–C–N with tert-alkyl or cyclic N) is 1. The lowest BCUT2D eigenvalue weighted by Crippen LogP contribution is -2.29. The number of aromatic nitrogens is 2. The smallest absolute Gasteiger partial charge is 0.257 e. The Morgan fingerprint density at radius 2 is 2.00 bits per heavy atom. The lowest BCUT2D eigenvalue weighted by Gasteiger charge is -2.27. The van der Waals surface area contributed by atoms with Crippen molar-refractivity contribution in [1.29, 1.82) is 0 Å². The average molecular weight is 412 g/mol. The van der Waals surface area contributed by atoms with E-state index in [1.54, 1.807) is 21.8 Å². The van der Waals surface area contributed by atoms with Crippen molar-refractivity contribution >= 4 is 17.1 Å². The molecule has 3 aromatic rings. The van der Waals surface area contributed by atoms with Gasteiger partial charge >= 0.3 is 0 Å². The number of carbonyl (C=O) groups excluding carboxylic acids is 1. The van der Waals surface area contributed by atoms with Gasteiger partial charge < -0.3 is 14.9 Å². The number of likely N-dealkylation sites (tertiary alicyclic amines) is 1. The zero-order valence-corrected chi connectivity index (χ0v) is 16.3. The molecule has 0 saturated carbocycles. The lowest BCUT2D eigenvalue weighted by molar-refractivity contribution is 0.0767. The summed E-state index contributed by atoms with van der Waals surface area (Å²) in [5.41, 5.74) is 2.32. The van der Waals surface area contributed by atoms with E-state index in [2.05, 4.69) is 10.00 Å². The van der Waals surface area contributed by atoms with E-state index in [0.29, 0.717) is 42.7 Å². The molecule has 4 heterocycles. The molecular formula is C22H22F2N4O2. The summed E-state index contributed by atoms with van der Waals surface area (Å²) in [4.78, 5) is 16.6. The number of pyridine rings is 1. The number of carbonyl (C=O) groups is 1. The van der Waals surface area contributed by atoms with Crippen molar-refractivity contribution in [3.8, 4) is 0 Å². The van der Waals surface area contributed by atoms with Crippen molar-refractivity contribution in [3.05, 3.63) is 65.5 Å². The predicted octanol–water partition coefficient (Wildman–Crippen LogP) is 3.16. The van der Waals surface area contributed by atoms with Crippen molar-refractivity contribution in [1.82, 2.24) is 14.5 Å². The molecule has 2 aliphatic heterocycles. The van der Waals surface area contributed by atoms with Gasteiger partial charge in [-0.25, -0.2) is 13.3 Å². The van der Waals surface area contributed by atoms with Crippen molar-refractivity contribution in [2.75, 3.05) is 24.5 Å². The zero-order valence-electron chi connectivity index (χ0n) is 16.3. The number of amides is 1. The Bertz CT molecular complexity index is 1120. The van der Waals surface area contributed by atoms with Crippen molar-refractivity contribution in [3.63, 3.8) is 0 Å². The molecule has 2 aromatic heterocycles. The summed E-state index contributed by atoms with van der Waals surface area (Å²) in [6.45, 7) is 1.56. The molecule has 1 unspecified atom stereocenters. The van der Waals surface area contributed by atoms with E-state index in [4.69, 9.17) is 0 Å². The molecule has 156 valence electrons. The maximum atomic E-state index is 14.4. The summed E-state index contributed by atoms with van der Waals surface area (Å²) in [7, 11) is 0. The quantitative estimate of drug-likeness (QED) is 0.718. The van der Waals surface area contributed by atoms with Gasteiger partial charge in [0.05, 0.1) is 29.4 Å². The number of fused-ring (bicyclic) bond motifs is 1. The molecule has 8 heteroatoms. The number of benzene rings is 1. The number of aliphatic hydroxyl groups excluding tert-OH is 1. The van der Waals surface area contributed by atoms with Crippen LogP contribution < -0.4 is 4.90 Å². The summed E-state index contributed by atoms with van der Waals surface area (Å²) >= 11 is 0. The molecule has 30 heavy (non-hydrogen) atoms. The Labute approximate surface area is 172 Å². The fourth-order valence-corrected chi connectivity index (χ4v) is 4.58. The first-order valence-corrected chi connectivity index (χ1v) is 10.2. The fraction of sp³-hybridized carbons (Fsp3) is 0.364. The van der Waals surface area contributed by atoms with Gasteiger partial charge in [-0.15, -0.1) is 0 Å². The number of hydrogen-bond donors (Lipinski definition) is 1. The SMILES string of the molecule is O=C(c1cnn2ccc(N3CCCC3c3cc(F)ccc3F)cc12)N1CC[C@H](O)C1. The van der Waals surface area contributed by atoms with E-state index in [9.17, 15) is 18.7 Å². The van der Waals surface area contributed by atoms with E-state index in [0.717, 1.165) is 24.6 Å². The summed E-state index contributed by atoms with van der Waals surface area (Å²) in [6.07, 6.45) is 4.99. The van der Waals surface area contributed by atoms with Gasteiger partial charge in [-0.3, -0.25) is 4.79 Å². The number of anilines is 1. The number of rotatable bonds is 3. The maximum absolute atomic E-state index is 14.4. The molecule has 1 amide bonds. The normalized spacial score (nSPS) is 21.7. The molecule has 2 fully saturated rings. The van der Waals surface area contributed by atoms with Crippen molar-refractivity contribution < 1.29 is 18.7 Å². The van der Waals surface area contributed by atoms with E-state index in [-0.39, 0.29) is 11.9 Å². The second-order valence-corrected chi connectivity index (χ2v) is 7.98. The molecule has 6 nitrogen and oxygen atoms in total. The van der Waals surface area contributed by atoms with Crippen LogP contribution in [0, 0.1) is 11.6 Å². The highest BCUT2D eigenvalue weighted by atomic mass is 19.1. The van der Waals surface area contributed by atoms with Crippen LogP contribution in [0.1, 0.15) is 41.2 Å². The number of hydrogen-bond acceptors (Lipinski definition) is 4. The topological polar surface area (TPSA) is 61.1 Å². The summed E-state index contributed by atoms with van der Waals surface area (Å²) in [6, 6.07) is 7.06. The van der Waals surface area contributed by atoms with Gasteiger partial charge in [0, 0.05) is 37.1 Å². The van der Waals surface area contributed by atoms with Crippen LogP contribution in [0.25, 0.3) is 5.52 Å². The Hall–Kier alpha value is -3.00. The minimum atomic E-state index is -0.488. The average Bonchev–Trinajstić information content (AvgIpc) is 3.47. The summed E-state index contributed by atoms with van der Waals surface area (Å²) < 4.78 is 29.8. The maximum Gasteiger partial charge on any atom is 0.257 e. The fourth-order valence-electron chi connectivity index (χ4n) is 4.58. The van der Waals surface area contributed by atoms with Gasteiger partial charge in [0.2, 0.25) is 0 Å². The molecule has 2 aliphatic rings. The van der Waals surface area contributed by atoms with Gasteiger partial charge in [-0.1, -0.05) is 0 Å². The highest BCUT2D eigenvalue weighted by Gasteiger charge is 2.30. The Kier molecular flexibility index (Phi) is 4.66. The van der Waals surface area contributed by atoms with Crippen LogP contribution >= 0.6 is 0 Å². The monoisotopic (exact) mass is 412 g/mol. The molecule has 0 spiro atoms. The molecule has 5 rings (SSSR count). The standard InChI is InChI=1S/C22H22F2N4O2/c23-14-3-4-19(24)17(10-14)20-2-1-7-27(20)15-5-9-28-21(11-15)18(12-25-28)22(30)26-8-6-16(29)13-26/h3-5,9-12,16,20,29H,1-2,6-8,13H2/t16-,20?/m0/s1. The molecule has 0 bridgehead atoms. The molecule has 1 aromatic carbocycles. The lowest BCUT2D eigenvalue weighted by atomic mass is 10.0. The van der Waals surface area contributed by atoms with E-state index >= 15 is 0 Å². The zero-order chi connectivity index (χ0) is 20.8. The first-order chi connectivity index (χ1) is 14.5. The van der Waals surface area contributed by atoms with Gasteiger partial charge in [0.1, 0.15) is 11.6 Å². The van der Waals surface area contributed by atoms with Crippen LogP contribution in [0.4, 0.5) is 14.5 Å². The minimum Gasteiger partial charge on any atom is -0.391 e. The number of nitrogens with zero attached hydrogens (tertiary/aromatic N) is 4. The van der Waals surface area contributed by atoms with Crippen LogP contribution in [0.2, 0.25) is 0 Å². The van der Waals surface area contributed by atoms with Crippen LogP contribution in [0.3, 0.4) is 0 Å². The predicted molar refractivity (Wildman–Crippen MR) is 107 cm³/mol. The largest absolute Gasteiger partial charge is 0.391 e. The second-order valence-electron chi connectivity index (χ2n) is 7.98. The summed E-state index contributed by atoms with van der Waals surface area (Å²) in [5, 5.41) is 14.0. The molecule has 1 N–H and O–H groups in total. The minimum absolute atomic E-state index is 0.159. The van der Waals surface area contributed by atoms with Crippen LogP contribution in [0.15, 0.2) is 42.7 Å². The molecular weight excluding hydrogens is 390 g/mol. The van der Waals surface area contributed by atoms with Gasteiger partial charge in [0.15, 0.2) is 0 Å². The molecule has 2 atom stereocenters. The number of halogens is 2. The second kappa shape index (κ2) is 7.36. The van der Waals surface area contributed by atoms with E-state index in [1.165, 1.54) is 12.1 Å². The van der Waals surface area contributed by atoms with Gasteiger partial charge in [-0.2, -0.15) is 5.10 Å². The third-order valence-electron chi connectivity index (χ3n) is 6.09. The molecule has 0 radical (unpaired) electrons. The first kappa shape index (κ1) is 19.0. The van der Waals surface area contributed by atoms with E-state index < -0.39 is 17.7 Å². The van der Waals surface area contributed by atoms with Crippen molar-refractivity contribution in [2.45, 2.75) is 31.4 Å². The first-order valence-electron chi connectivity index (χ1n) is 10.2. The Morgan fingerprint density at radius 3 is 2.80 bits per heavy atom. The Morgan fingerprint density at radius 1 is 1.13 bits per heavy atom. The third kappa shape index (κ3) is 3.21. The summed E-state index contributed by atoms with van der Waals surface area (Å²) in [5.74, 6) is -1.03. The number of aliphatic hydroxyl groups is 1. The van der Waals surface area contributed by atoms with Crippen LogP contribution in [0.5, 0.6) is 0 Å².